The summed E-state index contributed by atoms with van der Waals surface area (Å²) in [5, 5.41) is 0. The molecule has 6 nitrogen and oxygen atoms in total. The molecule has 1 aliphatic rings. The standard InChI is InChI=1S/C18H21BrF3N3O3/c1-10-9-24(16(26)28-17(2,3)4)5-6-25(10)15-23-13-8-11(18(20,21)22)7-12(19)14(13)27-15/h7-8,10H,5-6,9H2,1-4H3/t10-/m0/s1. The molecule has 2 aromatic rings. The number of oxazole rings is 1. The monoisotopic (exact) mass is 463 g/mol. The number of amides is 1. The van der Waals surface area contributed by atoms with E-state index < -0.39 is 23.4 Å². The molecule has 1 amide bonds. The molecule has 0 N–H and O–H groups in total. The predicted octanol–water partition coefficient (Wildman–Crippen LogP) is 5.05. The second kappa shape index (κ2) is 7.13. The Morgan fingerprint density at radius 3 is 2.54 bits per heavy atom. The topological polar surface area (TPSA) is 58.8 Å². The van der Waals surface area contributed by atoms with E-state index in [1.54, 1.807) is 25.7 Å². The highest BCUT2D eigenvalue weighted by Crippen LogP contribution is 2.37. The molecule has 154 valence electrons. The van der Waals surface area contributed by atoms with Crippen molar-refractivity contribution in [3.63, 3.8) is 0 Å². The summed E-state index contributed by atoms with van der Waals surface area (Å²) >= 11 is 3.13. The molecular weight excluding hydrogens is 443 g/mol. The van der Waals surface area contributed by atoms with Gasteiger partial charge in [0.25, 0.3) is 6.01 Å². The Kier molecular flexibility index (Phi) is 5.28. The second-order valence-corrected chi connectivity index (χ2v) is 8.62. The molecule has 0 aliphatic carbocycles. The number of hydrogen-bond donors (Lipinski definition) is 0. The van der Waals surface area contributed by atoms with Crippen LogP contribution < -0.4 is 4.90 Å². The molecule has 10 heteroatoms. The molecule has 0 unspecified atom stereocenters. The normalized spacial score (nSPS) is 18.6. The van der Waals surface area contributed by atoms with E-state index in [4.69, 9.17) is 9.15 Å². The predicted molar refractivity (Wildman–Crippen MR) is 101 cm³/mol. The number of nitrogens with zero attached hydrogens (tertiary/aromatic N) is 3. The van der Waals surface area contributed by atoms with Gasteiger partial charge >= 0.3 is 12.3 Å². The minimum atomic E-state index is -4.47. The summed E-state index contributed by atoms with van der Waals surface area (Å²) in [6, 6.07) is 2.03. The average molecular weight is 464 g/mol. The molecule has 2 heterocycles. The van der Waals surface area contributed by atoms with Gasteiger partial charge in [-0.3, -0.25) is 0 Å². The van der Waals surface area contributed by atoms with E-state index in [1.807, 2.05) is 11.8 Å². The largest absolute Gasteiger partial charge is 0.444 e. The molecule has 0 spiro atoms. The molecule has 0 bridgehead atoms. The van der Waals surface area contributed by atoms with E-state index in [9.17, 15) is 18.0 Å². The molecule has 0 radical (unpaired) electrons. The fourth-order valence-electron chi connectivity index (χ4n) is 3.00. The number of carbonyl (C=O) groups excluding carboxylic acids is 1. The number of aromatic nitrogens is 1. The zero-order chi connectivity index (χ0) is 20.9. The van der Waals surface area contributed by atoms with Crippen molar-refractivity contribution >= 4 is 39.1 Å². The van der Waals surface area contributed by atoms with E-state index in [1.165, 1.54) is 0 Å². The third-order valence-corrected chi connectivity index (χ3v) is 4.87. The van der Waals surface area contributed by atoms with Gasteiger partial charge in [-0.1, -0.05) is 0 Å². The van der Waals surface area contributed by atoms with Crippen LogP contribution in [0.4, 0.5) is 24.0 Å². The van der Waals surface area contributed by atoms with Crippen LogP contribution in [0.1, 0.15) is 33.3 Å². The van der Waals surface area contributed by atoms with Gasteiger partial charge < -0.3 is 19.0 Å². The van der Waals surface area contributed by atoms with Gasteiger partial charge in [-0.05, 0) is 55.8 Å². The molecule has 28 heavy (non-hydrogen) atoms. The molecule has 3 rings (SSSR count). The maximum atomic E-state index is 13.0. The molecule has 1 atom stereocenters. The summed E-state index contributed by atoms with van der Waals surface area (Å²) in [5.74, 6) is 0. The van der Waals surface area contributed by atoms with Crippen LogP contribution in [0, 0.1) is 0 Å². The highest BCUT2D eigenvalue weighted by atomic mass is 79.9. The van der Waals surface area contributed by atoms with Crippen LogP contribution in [0.25, 0.3) is 11.1 Å². The Labute approximate surface area is 168 Å². The summed E-state index contributed by atoms with van der Waals surface area (Å²) < 4.78 is 50.4. The van der Waals surface area contributed by atoms with E-state index in [2.05, 4.69) is 20.9 Å². The van der Waals surface area contributed by atoms with Crippen molar-refractivity contribution in [1.29, 1.82) is 0 Å². The minimum absolute atomic E-state index is 0.124. The van der Waals surface area contributed by atoms with Crippen molar-refractivity contribution in [1.82, 2.24) is 9.88 Å². The van der Waals surface area contributed by atoms with Crippen molar-refractivity contribution in [3.05, 3.63) is 22.2 Å². The van der Waals surface area contributed by atoms with E-state index in [0.717, 1.165) is 12.1 Å². The molecule has 0 saturated carbocycles. The van der Waals surface area contributed by atoms with Gasteiger partial charge in [0.15, 0.2) is 5.58 Å². The number of carbonyl (C=O) groups is 1. The van der Waals surface area contributed by atoms with Crippen molar-refractivity contribution in [2.45, 2.75) is 45.5 Å². The van der Waals surface area contributed by atoms with Gasteiger partial charge in [-0.15, -0.1) is 0 Å². The first-order chi connectivity index (χ1) is 12.8. The SMILES string of the molecule is C[C@H]1CN(C(=O)OC(C)(C)C)CCN1c1nc2cc(C(F)(F)F)cc(Br)c2o1. The van der Waals surface area contributed by atoms with Crippen molar-refractivity contribution in [2.24, 2.45) is 0 Å². The Balaban J connectivity index is 1.80. The smallest absolute Gasteiger partial charge is 0.416 e. The zero-order valence-electron chi connectivity index (χ0n) is 15.9. The number of benzene rings is 1. The van der Waals surface area contributed by atoms with Crippen LogP contribution in [-0.2, 0) is 10.9 Å². The lowest BCUT2D eigenvalue weighted by atomic mass is 10.2. The summed E-state index contributed by atoms with van der Waals surface area (Å²) in [5.41, 5.74) is -1.00. The van der Waals surface area contributed by atoms with Gasteiger partial charge in [-0.25, -0.2) is 4.79 Å². The van der Waals surface area contributed by atoms with Gasteiger partial charge in [0.2, 0.25) is 0 Å². The molecule has 1 aliphatic heterocycles. The third kappa shape index (κ3) is 4.37. The van der Waals surface area contributed by atoms with Gasteiger partial charge in [0.05, 0.1) is 10.0 Å². The van der Waals surface area contributed by atoms with Crippen LogP contribution in [0.15, 0.2) is 21.0 Å². The number of piperazine rings is 1. The summed E-state index contributed by atoms with van der Waals surface area (Å²) in [4.78, 5) is 19.9. The Morgan fingerprint density at radius 1 is 1.29 bits per heavy atom. The number of anilines is 1. The van der Waals surface area contributed by atoms with Crippen LogP contribution in [0.2, 0.25) is 0 Å². The molecule has 1 fully saturated rings. The third-order valence-electron chi connectivity index (χ3n) is 4.29. The number of rotatable bonds is 1. The molecule has 1 aromatic heterocycles. The fraction of sp³-hybridized carbons (Fsp3) is 0.556. The van der Waals surface area contributed by atoms with Gasteiger partial charge in [0, 0.05) is 25.7 Å². The maximum absolute atomic E-state index is 13.0. The first kappa shape index (κ1) is 20.8. The Hall–Kier alpha value is -1.97. The lowest BCUT2D eigenvalue weighted by molar-refractivity contribution is -0.137. The Bertz CT molecular complexity index is 892. The Morgan fingerprint density at radius 2 is 1.96 bits per heavy atom. The average Bonchev–Trinajstić information content (AvgIpc) is 2.96. The summed E-state index contributed by atoms with van der Waals surface area (Å²) in [6.45, 7) is 8.51. The number of hydrogen-bond acceptors (Lipinski definition) is 5. The van der Waals surface area contributed by atoms with Crippen molar-refractivity contribution < 1.29 is 27.1 Å². The van der Waals surface area contributed by atoms with Crippen molar-refractivity contribution in [3.8, 4) is 0 Å². The lowest BCUT2D eigenvalue weighted by Crippen LogP contribution is -2.54. The van der Waals surface area contributed by atoms with E-state index >= 15 is 0 Å². The van der Waals surface area contributed by atoms with Gasteiger partial charge in [-0.2, -0.15) is 18.2 Å². The second-order valence-electron chi connectivity index (χ2n) is 7.77. The summed E-state index contributed by atoms with van der Waals surface area (Å²) in [7, 11) is 0. The molecular formula is C18H21BrF3N3O3. The van der Waals surface area contributed by atoms with E-state index in [-0.39, 0.29) is 27.6 Å². The van der Waals surface area contributed by atoms with Gasteiger partial charge in [0.1, 0.15) is 11.1 Å². The minimum Gasteiger partial charge on any atom is -0.444 e. The number of fused-ring (bicyclic) bond motifs is 1. The maximum Gasteiger partial charge on any atom is 0.416 e. The van der Waals surface area contributed by atoms with Crippen LogP contribution in [0.5, 0.6) is 0 Å². The quantitative estimate of drug-likeness (QED) is 0.591. The number of alkyl halides is 3. The van der Waals surface area contributed by atoms with Crippen LogP contribution in [0.3, 0.4) is 0 Å². The number of ether oxygens (including phenoxy) is 1. The first-order valence-corrected chi connectivity index (χ1v) is 9.56. The van der Waals surface area contributed by atoms with E-state index in [0.29, 0.717) is 19.6 Å². The fourth-order valence-corrected chi connectivity index (χ4v) is 3.53. The van der Waals surface area contributed by atoms with Crippen LogP contribution in [-0.4, -0.2) is 47.3 Å². The number of halogens is 4. The highest BCUT2D eigenvalue weighted by Gasteiger charge is 2.34. The highest BCUT2D eigenvalue weighted by molar-refractivity contribution is 9.10. The lowest BCUT2D eigenvalue weighted by Gasteiger charge is -2.39. The zero-order valence-corrected chi connectivity index (χ0v) is 17.5. The van der Waals surface area contributed by atoms with Crippen molar-refractivity contribution in [2.75, 3.05) is 24.5 Å². The molecule has 1 aromatic carbocycles. The first-order valence-electron chi connectivity index (χ1n) is 8.77. The summed E-state index contributed by atoms with van der Waals surface area (Å²) in [6.07, 6.45) is -4.86. The molecule has 1 saturated heterocycles. The van der Waals surface area contributed by atoms with Crippen LogP contribution >= 0.6 is 15.9 Å².